The quantitative estimate of drug-likeness (QED) is 0.719. The van der Waals surface area contributed by atoms with Crippen molar-refractivity contribution in [2.75, 3.05) is 39.4 Å². The Bertz CT molecular complexity index is 942. The van der Waals surface area contributed by atoms with Crippen molar-refractivity contribution in [2.45, 2.75) is 51.1 Å². The van der Waals surface area contributed by atoms with Crippen molar-refractivity contribution in [3.63, 3.8) is 0 Å². The van der Waals surface area contributed by atoms with E-state index in [1.54, 1.807) is 12.1 Å². The number of hydrogen-bond donors (Lipinski definition) is 0. The fourth-order valence-corrected chi connectivity index (χ4v) is 5.70. The lowest BCUT2D eigenvalue weighted by atomic mass is 9.99. The minimum atomic E-state index is -3.51. The SMILES string of the molecule is CCCn1c(CN2CCC(C)CC2)nc2cc(S(=O)(=O)N3CCOCC3)ccc21. The summed E-state index contributed by atoms with van der Waals surface area (Å²) in [4.78, 5) is 7.67. The smallest absolute Gasteiger partial charge is 0.243 e. The molecule has 160 valence electrons. The van der Waals surface area contributed by atoms with Gasteiger partial charge in [0, 0.05) is 19.6 Å². The van der Waals surface area contributed by atoms with Gasteiger partial charge in [-0.2, -0.15) is 4.31 Å². The lowest BCUT2D eigenvalue weighted by Gasteiger charge is -2.29. The van der Waals surface area contributed by atoms with Gasteiger partial charge in [0.2, 0.25) is 10.0 Å². The zero-order valence-electron chi connectivity index (χ0n) is 17.5. The van der Waals surface area contributed by atoms with E-state index in [0.717, 1.165) is 55.4 Å². The van der Waals surface area contributed by atoms with Crippen LogP contribution in [0.15, 0.2) is 23.1 Å². The molecule has 3 heterocycles. The molecule has 2 aliphatic rings. The molecule has 0 saturated carbocycles. The molecule has 1 aromatic heterocycles. The van der Waals surface area contributed by atoms with Crippen molar-refractivity contribution in [1.29, 1.82) is 0 Å². The number of morpholine rings is 1. The van der Waals surface area contributed by atoms with Gasteiger partial charge >= 0.3 is 0 Å². The van der Waals surface area contributed by atoms with Crippen LogP contribution < -0.4 is 0 Å². The Hall–Kier alpha value is -1.48. The number of aryl methyl sites for hydroxylation is 1. The molecule has 0 amide bonds. The van der Waals surface area contributed by atoms with Crippen LogP contribution in [0.2, 0.25) is 0 Å². The predicted octanol–water partition coefficient (Wildman–Crippen LogP) is 2.70. The van der Waals surface area contributed by atoms with E-state index in [1.807, 2.05) is 6.07 Å². The maximum absolute atomic E-state index is 13.0. The van der Waals surface area contributed by atoms with Crippen LogP contribution >= 0.6 is 0 Å². The largest absolute Gasteiger partial charge is 0.379 e. The molecule has 0 atom stereocenters. The molecule has 7 nitrogen and oxygen atoms in total. The molecule has 2 aliphatic heterocycles. The van der Waals surface area contributed by atoms with Crippen molar-refractivity contribution >= 4 is 21.1 Å². The highest BCUT2D eigenvalue weighted by atomic mass is 32.2. The van der Waals surface area contributed by atoms with Crippen LogP contribution in [0.5, 0.6) is 0 Å². The van der Waals surface area contributed by atoms with Crippen LogP contribution in [0.1, 0.15) is 38.9 Å². The highest BCUT2D eigenvalue weighted by Crippen LogP contribution is 2.25. The molecule has 0 unspecified atom stereocenters. The van der Waals surface area contributed by atoms with E-state index in [-0.39, 0.29) is 0 Å². The maximum atomic E-state index is 13.0. The first-order chi connectivity index (χ1) is 14.0. The van der Waals surface area contributed by atoms with E-state index in [0.29, 0.717) is 31.2 Å². The van der Waals surface area contributed by atoms with Crippen LogP contribution in [0, 0.1) is 5.92 Å². The Morgan fingerprint density at radius 3 is 2.55 bits per heavy atom. The Kier molecular flexibility index (Phi) is 6.24. The molecular formula is C21H32N4O3S. The van der Waals surface area contributed by atoms with Gasteiger partial charge in [-0.25, -0.2) is 13.4 Å². The Morgan fingerprint density at radius 1 is 1.14 bits per heavy atom. The molecule has 0 bridgehead atoms. The Labute approximate surface area is 173 Å². The number of imidazole rings is 1. The summed E-state index contributed by atoms with van der Waals surface area (Å²) in [5, 5.41) is 0. The molecule has 2 saturated heterocycles. The second kappa shape index (κ2) is 8.71. The number of aromatic nitrogens is 2. The lowest BCUT2D eigenvalue weighted by molar-refractivity contribution is 0.0730. The van der Waals surface area contributed by atoms with E-state index < -0.39 is 10.0 Å². The van der Waals surface area contributed by atoms with Gasteiger partial charge in [-0.05, 0) is 56.5 Å². The first-order valence-corrected chi connectivity index (χ1v) is 12.2. The molecule has 0 N–H and O–H groups in total. The first kappa shape index (κ1) is 20.8. The molecule has 0 aliphatic carbocycles. The maximum Gasteiger partial charge on any atom is 0.243 e. The molecule has 0 spiro atoms. The summed E-state index contributed by atoms with van der Waals surface area (Å²) >= 11 is 0. The van der Waals surface area contributed by atoms with E-state index in [1.165, 1.54) is 17.1 Å². The van der Waals surface area contributed by atoms with Crippen LogP contribution in [0.25, 0.3) is 11.0 Å². The van der Waals surface area contributed by atoms with Gasteiger partial charge in [0.25, 0.3) is 0 Å². The average molecular weight is 421 g/mol. The van der Waals surface area contributed by atoms with Gasteiger partial charge < -0.3 is 9.30 Å². The van der Waals surface area contributed by atoms with Crippen molar-refractivity contribution < 1.29 is 13.2 Å². The second-order valence-corrected chi connectivity index (χ2v) is 10.2. The molecule has 2 fully saturated rings. The van der Waals surface area contributed by atoms with Gasteiger partial charge in [0.15, 0.2) is 0 Å². The van der Waals surface area contributed by atoms with Crippen molar-refractivity contribution in [3.8, 4) is 0 Å². The Balaban J connectivity index is 1.64. The molecule has 1 aromatic carbocycles. The number of fused-ring (bicyclic) bond motifs is 1. The number of ether oxygens (including phenoxy) is 1. The standard InChI is InChI=1S/C21H32N4O3S/c1-3-8-25-20-5-4-18(29(26,27)24-11-13-28-14-12-24)15-19(20)22-21(25)16-23-9-6-17(2)7-10-23/h4-5,15,17H,3,6-14,16H2,1-2H3. The molecule has 0 radical (unpaired) electrons. The minimum absolute atomic E-state index is 0.325. The van der Waals surface area contributed by atoms with Crippen molar-refractivity contribution in [3.05, 3.63) is 24.0 Å². The average Bonchev–Trinajstić information content (AvgIpc) is 3.07. The monoisotopic (exact) mass is 420 g/mol. The zero-order valence-corrected chi connectivity index (χ0v) is 18.3. The summed E-state index contributed by atoms with van der Waals surface area (Å²) < 4.78 is 35.1. The second-order valence-electron chi connectivity index (χ2n) is 8.31. The zero-order chi connectivity index (χ0) is 20.4. The molecule has 29 heavy (non-hydrogen) atoms. The van der Waals surface area contributed by atoms with Gasteiger partial charge in [-0.1, -0.05) is 13.8 Å². The van der Waals surface area contributed by atoms with E-state index in [4.69, 9.17) is 9.72 Å². The molecule has 2 aromatic rings. The van der Waals surface area contributed by atoms with Crippen LogP contribution in [0.4, 0.5) is 0 Å². The summed E-state index contributed by atoms with van der Waals surface area (Å²) in [6.45, 7) is 10.1. The topological polar surface area (TPSA) is 67.7 Å². The van der Waals surface area contributed by atoms with Gasteiger partial charge in [0.1, 0.15) is 5.82 Å². The van der Waals surface area contributed by atoms with Crippen LogP contribution in [-0.2, 0) is 27.8 Å². The minimum Gasteiger partial charge on any atom is -0.379 e. The van der Waals surface area contributed by atoms with Crippen molar-refractivity contribution in [2.24, 2.45) is 5.92 Å². The number of hydrogen-bond acceptors (Lipinski definition) is 5. The highest BCUT2D eigenvalue weighted by Gasteiger charge is 2.27. The third-order valence-electron chi connectivity index (χ3n) is 6.10. The van der Waals surface area contributed by atoms with Crippen molar-refractivity contribution in [1.82, 2.24) is 18.8 Å². The first-order valence-electron chi connectivity index (χ1n) is 10.8. The number of benzene rings is 1. The number of nitrogens with zero attached hydrogens (tertiary/aromatic N) is 4. The van der Waals surface area contributed by atoms with Gasteiger partial charge in [-0.3, -0.25) is 4.90 Å². The van der Waals surface area contributed by atoms with Crippen LogP contribution in [-0.4, -0.2) is 66.6 Å². The number of piperidine rings is 1. The highest BCUT2D eigenvalue weighted by molar-refractivity contribution is 7.89. The predicted molar refractivity (Wildman–Crippen MR) is 113 cm³/mol. The summed E-state index contributed by atoms with van der Waals surface area (Å²) in [5.74, 6) is 1.84. The third-order valence-corrected chi connectivity index (χ3v) is 7.99. The summed E-state index contributed by atoms with van der Waals surface area (Å²) in [6, 6.07) is 5.40. The molecule has 4 rings (SSSR count). The fraction of sp³-hybridized carbons (Fsp3) is 0.667. The summed E-state index contributed by atoms with van der Waals surface area (Å²) in [5.41, 5.74) is 1.79. The van der Waals surface area contributed by atoms with E-state index >= 15 is 0 Å². The fourth-order valence-electron chi connectivity index (χ4n) is 4.27. The number of sulfonamides is 1. The van der Waals surface area contributed by atoms with Gasteiger partial charge in [-0.15, -0.1) is 0 Å². The lowest BCUT2D eigenvalue weighted by Crippen LogP contribution is -2.40. The molecule has 8 heteroatoms. The van der Waals surface area contributed by atoms with Crippen LogP contribution in [0.3, 0.4) is 0 Å². The third kappa shape index (κ3) is 4.35. The Morgan fingerprint density at radius 2 is 1.86 bits per heavy atom. The number of rotatable bonds is 6. The van der Waals surface area contributed by atoms with Gasteiger partial charge in [0.05, 0.1) is 35.7 Å². The summed E-state index contributed by atoms with van der Waals surface area (Å²) in [7, 11) is -3.51. The summed E-state index contributed by atoms with van der Waals surface area (Å²) in [6.07, 6.45) is 3.48. The molecular weight excluding hydrogens is 388 g/mol. The number of likely N-dealkylation sites (tertiary alicyclic amines) is 1. The van der Waals surface area contributed by atoms with E-state index in [9.17, 15) is 8.42 Å². The normalized spacial score (nSPS) is 20.5. The van der Waals surface area contributed by atoms with E-state index in [2.05, 4.69) is 23.3 Å².